The fourth-order valence-corrected chi connectivity index (χ4v) is 3.91. The molecule has 2 aromatic rings. The number of carbonyl (C=O) groups excluding carboxylic acids is 3. The SMILES string of the molecule is CN(Cc1cccc(-c2cnc(C(=O)CCC3CCOCC3)nc2)c1)C(=O)CNC(=O)OC(C)(C)C. The van der Waals surface area contributed by atoms with Crippen LogP contribution < -0.4 is 5.32 Å². The van der Waals surface area contributed by atoms with Gasteiger partial charge in [0, 0.05) is 51.2 Å². The van der Waals surface area contributed by atoms with Gasteiger partial charge in [0.25, 0.3) is 0 Å². The molecule has 0 aliphatic carbocycles. The summed E-state index contributed by atoms with van der Waals surface area (Å²) in [5.41, 5.74) is 1.97. The highest BCUT2D eigenvalue weighted by Crippen LogP contribution is 2.22. The van der Waals surface area contributed by atoms with Gasteiger partial charge in [-0.3, -0.25) is 9.59 Å². The predicted octanol–water partition coefficient (Wildman–Crippen LogP) is 4.02. The monoisotopic (exact) mass is 496 g/mol. The van der Waals surface area contributed by atoms with Gasteiger partial charge in [-0.15, -0.1) is 0 Å². The van der Waals surface area contributed by atoms with E-state index in [4.69, 9.17) is 9.47 Å². The lowest BCUT2D eigenvalue weighted by atomic mass is 9.94. The number of carbonyl (C=O) groups is 3. The molecular weight excluding hydrogens is 460 g/mol. The number of aromatic nitrogens is 2. The summed E-state index contributed by atoms with van der Waals surface area (Å²) in [6.07, 6.45) is 5.99. The maximum atomic E-state index is 12.5. The summed E-state index contributed by atoms with van der Waals surface area (Å²) in [4.78, 5) is 46.9. The van der Waals surface area contributed by atoms with E-state index in [9.17, 15) is 14.4 Å². The van der Waals surface area contributed by atoms with Gasteiger partial charge in [0.05, 0.1) is 0 Å². The molecule has 0 atom stereocenters. The summed E-state index contributed by atoms with van der Waals surface area (Å²) in [6.45, 7) is 7.05. The number of Topliss-reactive ketones (excluding diaryl/α,β-unsaturated/α-hetero) is 1. The number of alkyl carbamates (subject to hydrolysis) is 1. The summed E-state index contributed by atoms with van der Waals surface area (Å²) in [7, 11) is 1.68. The van der Waals surface area contributed by atoms with E-state index in [2.05, 4.69) is 15.3 Å². The van der Waals surface area contributed by atoms with E-state index in [1.165, 1.54) is 4.90 Å². The minimum absolute atomic E-state index is 0.0399. The van der Waals surface area contributed by atoms with E-state index in [1.807, 2.05) is 24.3 Å². The Morgan fingerprint density at radius 1 is 1.11 bits per heavy atom. The normalized spacial score (nSPS) is 14.2. The number of likely N-dealkylation sites (N-methyl/N-ethyl adjacent to an activating group) is 1. The van der Waals surface area contributed by atoms with Gasteiger partial charge < -0.3 is 19.7 Å². The number of ether oxygens (including phenoxy) is 2. The summed E-state index contributed by atoms with van der Waals surface area (Å²) in [5.74, 6) is 0.493. The Bertz CT molecular complexity index is 1040. The molecule has 0 saturated carbocycles. The predicted molar refractivity (Wildman–Crippen MR) is 135 cm³/mol. The van der Waals surface area contributed by atoms with Crippen molar-refractivity contribution in [3.63, 3.8) is 0 Å². The molecule has 9 heteroatoms. The van der Waals surface area contributed by atoms with Crippen LogP contribution in [-0.2, 0) is 20.8 Å². The number of amides is 2. The standard InChI is InChI=1S/C27H36N4O5/c1-27(2,3)36-26(34)30-17-24(33)31(4)18-20-6-5-7-21(14-20)22-15-28-25(29-16-22)23(32)9-8-19-10-12-35-13-11-19/h5-7,14-16,19H,8-13,17-18H2,1-4H3,(H,30,34). The Morgan fingerprint density at radius 3 is 2.47 bits per heavy atom. The third-order valence-corrected chi connectivity index (χ3v) is 5.91. The minimum atomic E-state index is -0.628. The number of hydrogen-bond donors (Lipinski definition) is 1. The highest BCUT2D eigenvalue weighted by atomic mass is 16.6. The summed E-state index contributed by atoms with van der Waals surface area (Å²) in [5, 5.41) is 2.48. The van der Waals surface area contributed by atoms with E-state index >= 15 is 0 Å². The largest absolute Gasteiger partial charge is 0.444 e. The van der Waals surface area contributed by atoms with Gasteiger partial charge in [0.2, 0.25) is 5.91 Å². The Balaban J connectivity index is 1.53. The highest BCUT2D eigenvalue weighted by Gasteiger charge is 2.19. The number of nitrogens with one attached hydrogen (secondary N) is 1. The zero-order valence-corrected chi connectivity index (χ0v) is 21.6. The zero-order chi connectivity index (χ0) is 26.1. The van der Waals surface area contributed by atoms with Gasteiger partial charge >= 0.3 is 6.09 Å². The molecular formula is C27H36N4O5. The topological polar surface area (TPSA) is 111 Å². The number of hydrogen-bond acceptors (Lipinski definition) is 7. The Kier molecular flexibility index (Phi) is 9.52. The smallest absolute Gasteiger partial charge is 0.408 e. The highest BCUT2D eigenvalue weighted by molar-refractivity contribution is 5.92. The van der Waals surface area contributed by atoms with Crippen LogP contribution >= 0.6 is 0 Å². The van der Waals surface area contributed by atoms with Crippen molar-refractivity contribution < 1.29 is 23.9 Å². The number of benzene rings is 1. The molecule has 2 amide bonds. The van der Waals surface area contributed by atoms with Gasteiger partial charge in [-0.05, 0) is 63.1 Å². The lowest BCUT2D eigenvalue weighted by Gasteiger charge is -2.21. The maximum absolute atomic E-state index is 12.5. The molecule has 9 nitrogen and oxygen atoms in total. The van der Waals surface area contributed by atoms with Crippen molar-refractivity contribution in [3.8, 4) is 11.1 Å². The molecule has 0 spiro atoms. The maximum Gasteiger partial charge on any atom is 0.408 e. The average molecular weight is 497 g/mol. The second kappa shape index (κ2) is 12.6. The van der Waals surface area contributed by atoms with Crippen molar-refractivity contribution in [2.45, 2.75) is 58.6 Å². The van der Waals surface area contributed by atoms with E-state index in [1.54, 1.807) is 40.2 Å². The van der Waals surface area contributed by atoms with E-state index in [-0.39, 0.29) is 24.1 Å². The molecule has 0 unspecified atom stereocenters. The first-order valence-corrected chi connectivity index (χ1v) is 12.3. The molecule has 0 radical (unpaired) electrons. The van der Waals surface area contributed by atoms with Gasteiger partial charge in [-0.2, -0.15) is 0 Å². The van der Waals surface area contributed by atoms with Crippen molar-refractivity contribution in [2.24, 2.45) is 5.92 Å². The van der Waals surface area contributed by atoms with E-state index in [0.29, 0.717) is 18.9 Å². The second-order valence-corrected chi connectivity index (χ2v) is 10.1. The molecule has 1 aliphatic heterocycles. The molecule has 2 heterocycles. The third-order valence-electron chi connectivity index (χ3n) is 5.91. The van der Waals surface area contributed by atoms with Gasteiger partial charge in [0.15, 0.2) is 11.6 Å². The van der Waals surface area contributed by atoms with Crippen molar-refractivity contribution in [3.05, 3.63) is 48.0 Å². The van der Waals surface area contributed by atoms with Crippen LogP contribution in [0.1, 0.15) is 62.6 Å². The first kappa shape index (κ1) is 27.3. The van der Waals surface area contributed by atoms with Crippen LogP contribution in [0.5, 0.6) is 0 Å². The van der Waals surface area contributed by atoms with Crippen LogP contribution in [0.25, 0.3) is 11.1 Å². The van der Waals surface area contributed by atoms with Crippen LogP contribution in [0.3, 0.4) is 0 Å². The summed E-state index contributed by atoms with van der Waals surface area (Å²) >= 11 is 0. The van der Waals surface area contributed by atoms with Gasteiger partial charge in [0.1, 0.15) is 12.1 Å². The van der Waals surface area contributed by atoms with Crippen molar-refractivity contribution in [1.82, 2.24) is 20.2 Å². The third kappa shape index (κ3) is 8.71. The van der Waals surface area contributed by atoms with Gasteiger partial charge in [-0.1, -0.05) is 18.2 Å². The zero-order valence-electron chi connectivity index (χ0n) is 21.6. The van der Waals surface area contributed by atoms with E-state index < -0.39 is 11.7 Å². The Hall–Kier alpha value is -3.33. The molecule has 1 fully saturated rings. The lowest BCUT2D eigenvalue weighted by Crippen LogP contribution is -2.40. The fourth-order valence-electron chi connectivity index (χ4n) is 3.91. The van der Waals surface area contributed by atoms with Crippen molar-refractivity contribution in [1.29, 1.82) is 0 Å². The summed E-state index contributed by atoms with van der Waals surface area (Å²) < 4.78 is 10.5. The lowest BCUT2D eigenvalue weighted by molar-refractivity contribution is -0.129. The molecule has 1 aromatic heterocycles. The minimum Gasteiger partial charge on any atom is -0.444 e. The quantitative estimate of drug-likeness (QED) is 0.522. The summed E-state index contributed by atoms with van der Waals surface area (Å²) in [6, 6.07) is 7.70. The second-order valence-electron chi connectivity index (χ2n) is 10.1. The van der Waals surface area contributed by atoms with Crippen LogP contribution in [-0.4, -0.2) is 65.1 Å². The number of nitrogens with zero attached hydrogens (tertiary/aromatic N) is 3. The first-order chi connectivity index (χ1) is 17.1. The molecule has 1 N–H and O–H groups in total. The van der Waals surface area contributed by atoms with Crippen LogP contribution in [0, 0.1) is 5.92 Å². The van der Waals surface area contributed by atoms with E-state index in [0.717, 1.165) is 49.2 Å². The molecule has 0 bridgehead atoms. The van der Waals surface area contributed by atoms with Crippen LogP contribution in [0.15, 0.2) is 36.7 Å². The van der Waals surface area contributed by atoms with Crippen LogP contribution in [0.2, 0.25) is 0 Å². The number of rotatable bonds is 9. The molecule has 194 valence electrons. The molecule has 36 heavy (non-hydrogen) atoms. The van der Waals surface area contributed by atoms with Crippen molar-refractivity contribution >= 4 is 17.8 Å². The molecule has 1 aromatic carbocycles. The van der Waals surface area contributed by atoms with Crippen molar-refractivity contribution in [2.75, 3.05) is 26.8 Å². The fraction of sp³-hybridized carbons (Fsp3) is 0.519. The molecule has 3 rings (SSSR count). The molecule has 1 saturated heterocycles. The Morgan fingerprint density at radius 2 is 1.81 bits per heavy atom. The van der Waals surface area contributed by atoms with Crippen LogP contribution in [0.4, 0.5) is 4.79 Å². The average Bonchev–Trinajstić information content (AvgIpc) is 2.85. The number of ketones is 1. The first-order valence-electron chi connectivity index (χ1n) is 12.3. The Labute approximate surface area is 212 Å². The van der Waals surface area contributed by atoms with Gasteiger partial charge in [-0.25, -0.2) is 14.8 Å². The molecule has 1 aliphatic rings.